The van der Waals surface area contributed by atoms with Crippen molar-refractivity contribution in [3.05, 3.63) is 16.6 Å². The fraction of sp³-hybridized carbons (Fsp3) is 0.727. The average molecular weight is 210 g/mol. The summed E-state index contributed by atoms with van der Waals surface area (Å²) in [6.07, 6.45) is 5.23. The Kier molecular flexibility index (Phi) is 3.19. The number of rotatable bonds is 2. The lowest BCUT2D eigenvalue weighted by Gasteiger charge is -2.29. The van der Waals surface area contributed by atoms with E-state index < -0.39 is 0 Å². The van der Waals surface area contributed by atoms with Gasteiger partial charge in [0.1, 0.15) is 0 Å². The van der Waals surface area contributed by atoms with Crippen molar-refractivity contribution >= 4 is 11.3 Å². The van der Waals surface area contributed by atoms with Crippen LogP contribution >= 0.6 is 11.3 Å². The predicted octanol–water partition coefficient (Wildman–Crippen LogP) is 2.97. The minimum atomic E-state index is 0.175. The van der Waals surface area contributed by atoms with Crippen LogP contribution in [0.1, 0.15) is 44.3 Å². The van der Waals surface area contributed by atoms with Crippen LogP contribution in [0.25, 0.3) is 0 Å². The van der Waals surface area contributed by atoms with Gasteiger partial charge in [-0.3, -0.25) is 0 Å². The Bertz CT molecular complexity index is 263. The molecule has 1 unspecified atom stereocenters. The molecule has 14 heavy (non-hydrogen) atoms. The van der Waals surface area contributed by atoms with E-state index in [0.717, 1.165) is 11.6 Å². The molecule has 0 bridgehead atoms. The van der Waals surface area contributed by atoms with Crippen LogP contribution in [0.4, 0.5) is 0 Å². The monoisotopic (exact) mass is 210 g/mol. The first-order chi connectivity index (χ1) is 6.77. The van der Waals surface area contributed by atoms with Crippen LogP contribution in [0.15, 0.2) is 10.9 Å². The van der Waals surface area contributed by atoms with Crippen LogP contribution in [0, 0.1) is 11.8 Å². The van der Waals surface area contributed by atoms with E-state index in [1.54, 1.807) is 11.3 Å². The van der Waals surface area contributed by atoms with Gasteiger partial charge in [0.15, 0.2) is 0 Å². The fourth-order valence-electron chi connectivity index (χ4n) is 2.27. The maximum Gasteiger partial charge on any atom is 0.0795 e. The summed E-state index contributed by atoms with van der Waals surface area (Å²) < 4.78 is 0. The molecule has 0 aromatic carbocycles. The number of aromatic nitrogens is 1. The fourth-order valence-corrected chi connectivity index (χ4v) is 2.87. The molecule has 0 radical (unpaired) electrons. The number of thiazole rings is 1. The standard InChI is InChI=1S/C11H18N2S/c1-8-2-4-9(5-3-8)11(12)10-6-14-7-13-10/h6-9,11H,2-5,12H2,1H3. The summed E-state index contributed by atoms with van der Waals surface area (Å²) in [7, 11) is 0. The van der Waals surface area contributed by atoms with Gasteiger partial charge in [-0.15, -0.1) is 11.3 Å². The van der Waals surface area contributed by atoms with Gasteiger partial charge in [0.05, 0.1) is 17.2 Å². The second kappa shape index (κ2) is 4.41. The van der Waals surface area contributed by atoms with E-state index in [-0.39, 0.29) is 6.04 Å². The Morgan fingerprint density at radius 1 is 1.43 bits per heavy atom. The Labute approximate surface area is 89.5 Å². The maximum absolute atomic E-state index is 6.20. The number of hydrogen-bond donors (Lipinski definition) is 1. The van der Waals surface area contributed by atoms with E-state index in [9.17, 15) is 0 Å². The van der Waals surface area contributed by atoms with Crippen LogP contribution in [0.5, 0.6) is 0 Å². The van der Waals surface area contributed by atoms with Crippen LogP contribution < -0.4 is 5.73 Å². The molecule has 1 aliphatic rings. The minimum Gasteiger partial charge on any atom is -0.322 e. The molecule has 2 nitrogen and oxygen atoms in total. The quantitative estimate of drug-likeness (QED) is 0.815. The zero-order chi connectivity index (χ0) is 9.97. The Balaban J connectivity index is 1.95. The summed E-state index contributed by atoms with van der Waals surface area (Å²) in [5.41, 5.74) is 9.17. The van der Waals surface area contributed by atoms with Crippen LogP contribution in [0.3, 0.4) is 0 Å². The van der Waals surface area contributed by atoms with E-state index in [4.69, 9.17) is 5.73 Å². The largest absolute Gasteiger partial charge is 0.322 e. The molecule has 1 aromatic heterocycles. The highest BCUT2D eigenvalue weighted by atomic mass is 32.1. The van der Waals surface area contributed by atoms with Crippen molar-refractivity contribution in [1.29, 1.82) is 0 Å². The molecule has 2 N–H and O–H groups in total. The lowest BCUT2D eigenvalue weighted by Crippen LogP contribution is -2.25. The molecule has 1 aromatic rings. The summed E-state index contributed by atoms with van der Waals surface area (Å²) in [6.45, 7) is 2.34. The third kappa shape index (κ3) is 2.15. The molecule has 1 atom stereocenters. The van der Waals surface area contributed by atoms with Crippen molar-refractivity contribution in [2.75, 3.05) is 0 Å². The van der Waals surface area contributed by atoms with Gasteiger partial charge in [-0.05, 0) is 24.7 Å². The van der Waals surface area contributed by atoms with Gasteiger partial charge in [-0.2, -0.15) is 0 Å². The highest BCUT2D eigenvalue weighted by molar-refractivity contribution is 7.07. The lowest BCUT2D eigenvalue weighted by atomic mass is 9.79. The van der Waals surface area contributed by atoms with Crippen molar-refractivity contribution in [3.63, 3.8) is 0 Å². The summed E-state index contributed by atoms with van der Waals surface area (Å²) in [4.78, 5) is 4.30. The van der Waals surface area contributed by atoms with Gasteiger partial charge in [0.25, 0.3) is 0 Å². The maximum atomic E-state index is 6.20. The molecular formula is C11H18N2S. The van der Waals surface area contributed by atoms with Gasteiger partial charge in [-0.1, -0.05) is 19.8 Å². The molecule has 2 rings (SSSR count). The highest BCUT2D eigenvalue weighted by Gasteiger charge is 2.25. The Hall–Kier alpha value is -0.410. The van der Waals surface area contributed by atoms with E-state index in [1.165, 1.54) is 25.7 Å². The van der Waals surface area contributed by atoms with Crippen molar-refractivity contribution in [3.8, 4) is 0 Å². The van der Waals surface area contributed by atoms with Crippen molar-refractivity contribution in [2.24, 2.45) is 17.6 Å². The Morgan fingerprint density at radius 3 is 2.71 bits per heavy atom. The number of nitrogens with zero attached hydrogens (tertiary/aromatic N) is 1. The molecule has 0 saturated heterocycles. The predicted molar refractivity (Wildman–Crippen MR) is 60.2 cm³/mol. The third-order valence-corrected chi connectivity index (χ3v) is 3.97. The first-order valence-electron chi connectivity index (χ1n) is 5.41. The van der Waals surface area contributed by atoms with Gasteiger partial charge in [0.2, 0.25) is 0 Å². The third-order valence-electron chi connectivity index (χ3n) is 3.36. The van der Waals surface area contributed by atoms with Gasteiger partial charge < -0.3 is 5.73 Å². The average Bonchev–Trinajstić information content (AvgIpc) is 2.71. The molecule has 78 valence electrons. The topological polar surface area (TPSA) is 38.9 Å². The van der Waals surface area contributed by atoms with Gasteiger partial charge in [-0.25, -0.2) is 4.98 Å². The van der Waals surface area contributed by atoms with Gasteiger partial charge >= 0.3 is 0 Å². The molecule has 1 aliphatic carbocycles. The van der Waals surface area contributed by atoms with Crippen LogP contribution in [-0.4, -0.2) is 4.98 Å². The number of hydrogen-bond acceptors (Lipinski definition) is 3. The normalized spacial score (nSPS) is 30.1. The van der Waals surface area contributed by atoms with E-state index in [0.29, 0.717) is 5.92 Å². The number of nitrogens with two attached hydrogens (primary N) is 1. The molecule has 3 heteroatoms. The molecule has 1 saturated carbocycles. The lowest BCUT2D eigenvalue weighted by molar-refractivity contribution is 0.254. The second-order valence-electron chi connectivity index (χ2n) is 4.46. The van der Waals surface area contributed by atoms with Crippen LogP contribution in [0.2, 0.25) is 0 Å². The molecule has 0 aliphatic heterocycles. The van der Waals surface area contributed by atoms with Gasteiger partial charge in [0, 0.05) is 5.38 Å². The van der Waals surface area contributed by atoms with Crippen molar-refractivity contribution in [1.82, 2.24) is 4.98 Å². The molecule has 0 amide bonds. The van der Waals surface area contributed by atoms with Crippen LogP contribution in [-0.2, 0) is 0 Å². The smallest absolute Gasteiger partial charge is 0.0795 e. The summed E-state index contributed by atoms with van der Waals surface area (Å²) in [5, 5.41) is 2.09. The van der Waals surface area contributed by atoms with E-state index in [1.807, 2.05) is 5.51 Å². The highest BCUT2D eigenvalue weighted by Crippen LogP contribution is 2.35. The molecule has 1 heterocycles. The molecule has 0 spiro atoms. The SMILES string of the molecule is CC1CCC(C(N)c2cscn2)CC1. The van der Waals surface area contributed by atoms with Crippen molar-refractivity contribution in [2.45, 2.75) is 38.6 Å². The van der Waals surface area contributed by atoms with E-state index >= 15 is 0 Å². The van der Waals surface area contributed by atoms with Crippen molar-refractivity contribution < 1.29 is 0 Å². The first-order valence-corrected chi connectivity index (χ1v) is 6.35. The first kappa shape index (κ1) is 10.1. The summed E-state index contributed by atoms with van der Waals surface area (Å²) in [6, 6.07) is 0.175. The summed E-state index contributed by atoms with van der Waals surface area (Å²) >= 11 is 1.64. The zero-order valence-electron chi connectivity index (χ0n) is 8.65. The summed E-state index contributed by atoms with van der Waals surface area (Å²) in [5.74, 6) is 1.56. The van der Waals surface area contributed by atoms with E-state index in [2.05, 4.69) is 17.3 Å². The molecule has 1 fully saturated rings. The zero-order valence-corrected chi connectivity index (χ0v) is 9.46. The molecular weight excluding hydrogens is 192 g/mol. The Morgan fingerprint density at radius 2 is 2.14 bits per heavy atom. The minimum absolute atomic E-state index is 0.175. The second-order valence-corrected chi connectivity index (χ2v) is 5.18.